The number of benzene rings is 1. The molecule has 2 N–H and O–H groups in total. The highest BCUT2D eigenvalue weighted by Crippen LogP contribution is 2.22. The Morgan fingerprint density at radius 2 is 2.06 bits per heavy atom. The van der Waals surface area contributed by atoms with Gasteiger partial charge in [0.05, 0.1) is 6.10 Å². The molecule has 0 saturated carbocycles. The van der Waals surface area contributed by atoms with Gasteiger partial charge in [0.2, 0.25) is 0 Å². The van der Waals surface area contributed by atoms with E-state index in [0.717, 1.165) is 16.8 Å². The number of aliphatic hydroxyl groups excluding tert-OH is 1. The summed E-state index contributed by atoms with van der Waals surface area (Å²) in [6.07, 6.45) is 3.12. The van der Waals surface area contributed by atoms with E-state index in [0.29, 0.717) is 6.54 Å². The second-order valence-corrected chi connectivity index (χ2v) is 3.98. The second-order valence-electron chi connectivity index (χ2n) is 3.98. The van der Waals surface area contributed by atoms with Crippen LogP contribution in [0.15, 0.2) is 48.8 Å². The van der Waals surface area contributed by atoms with Crippen molar-refractivity contribution in [1.29, 1.82) is 0 Å². The average molecular weight is 228 g/mol. The van der Waals surface area contributed by atoms with Crippen LogP contribution >= 0.6 is 0 Å². The van der Waals surface area contributed by atoms with Crippen molar-refractivity contribution in [3.8, 4) is 0 Å². The smallest absolute Gasteiger partial charge is 0.0781 e. The van der Waals surface area contributed by atoms with Crippen molar-refractivity contribution in [3.63, 3.8) is 0 Å². The highest BCUT2D eigenvalue weighted by atomic mass is 16.3. The molecule has 0 amide bonds. The third-order valence-corrected chi connectivity index (χ3v) is 2.62. The fourth-order valence-corrected chi connectivity index (χ4v) is 1.72. The Labute approximate surface area is 101 Å². The maximum absolute atomic E-state index is 9.65. The molecule has 1 aromatic carbocycles. The lowest BCUT2D eigenvalue weighted by molar-refractivity contribution is 0.200. The molecule has 1 atom stereocenters. The average Bonchev–Trinajstić information content (AvgIpc) is 2.38. The minimum atomic E-state index is -0.465. The number of nitrogens with one attached hydrogen (secondary N) is 1. The number of nitrogens with zero attached hydrogens (tertiary/aromatic N) is 1. The fraction of sp³-hybridized carbons (Fsp3) is 0.214. The molecule has 88 valence electrons. The summed E-state index contributed by atoms with van der Waals surface area (Å²) in [5.41, 5.74) is 3.00. The highest BCUT2D eigenvalue weighted by molar-refractivity contribution is 5.52. The van der Waals surface area contributed by atoms with Gasteiger partial charge in [-0.2, -0.15) is 0 Å². The number of aliphatic hydroxyl groups is 1. The van der Waals surface area contributed by atoms with E-state index in [2.05, 4.69) is 10.3 Å². The standard InChI is InChI=1S/C14H16N2O/c1-11(17)13-6-2-3-7-14(13)16-10-12-5-4-8-15-9-12/h2-9,11,16-17H,10H2,1H3. The monoisotopic (exact) mass is 228 g/mol. The third kappa shape index (κ3) is 3.04. The van der Waals surface area contributed by atoms with Crippen molar-refractivity contribution in [2.75, 3.05) is 5.32 Å². The van der Waals surface area contributed by atoms with Gasteiger partial charge in [0, 0.05) is 30.2 Å². The molecule has 3 heteroatoms. The van der Waals surface area contributed by atoms with Gasteiger partial charge in [0.15, 0.2) is 0 Å². The van der Waals surface area contributed by atoms with E-state index in [-0.39, 0.29) is 0 Å². The molecule has 2 aromatic rings. The van der Waals surface area contributed by atoms with Crippen molar-refractivity contribution in [1.82, 2.24) is 4.98 Å². The normalized spacial score (nSPS) is 12.1. The number of para-hydroxylation sites is 1. The number of anilines is 1. The summed E-state index contributed by atoms with van der Waals surface area (Å²) in [5.74, 6) is 0. The third-order valence-electron chi connectivity index (χ3n) is 2.62. The van der Waals surface area contributed by atoms with E-state index in [9.17, 15) is 5.11 Å². The number of rotatable bonds is 4. The summed E-state index contributed by atoms with van der Waals surface area (Å²) < 4.78 is 0. The van der Waals surface area contributed by atoms with Crippen LogP contribution in [0.2, 0.25) is 0 Å². The van der Waals surface area contributed by atoms with Crippen LogP contribution in [0, 0.1) is 0 Å². The minimum absolute atomic E-state index is 0.465. The van der Waals surface area contributed by atoms with Crippen LogP contribution in [0.3, 0.4) is 0 Å². The van der Waals surface area contributed by atoms with Crippen LogP contribution < -0.4 is 5.32 Å². The summed E-state index contributed by atoms with van der Waals surface area (Å²) in [5, 5.41) is 13.0. The quantitative estimate of drug-likeness (QED) is 0.845. The van der Waals surface area contributed by atoms with Crippen LogP contribution in [0.5, 0.6) is 0 Å². The number of aromatic nitrogens is 1. The predicted octanol–water partition coefficient (Wildman–Crippen LogP) is 2.75. The van der Waals surface area contributed by atoms with E-state index < -0.39 is 6.10 Å². The molecule has 0 aliphatic carbocycles. The molecule has 0 spiro atoms. The Morgan fingerprint density at radius 1 is 1.24 bits per heavy atom. The largest absolute Gasteiger partial charge is 0.389 e. The van der Waals surface area contributed by atoms with Crippen molar-refractivity contribution >= 4 is 5.69 Å². The van der Waals surface area contributed by atoms with Crippen LogP contribution in [0.1, 0.15) is 24.2 Å². The molecule has 17 heavy (non-hydrogen) atoms. The molecule has 0 fully saturated rings. The first-order valence-corrected chi connectivity index (χ1v) is 5.67. The molecule has 1 aromatic heterocycles. The zero-order chi connectivity index (χ0) is 12.1. The van der Waals surface area contributed by atoms with E-state index in [4.69, 9.17) is 0 Å². The van der Waals surface area contributed by atoms with Crippen LogP contribution in [0.4, 0.5) is 5.69 Å². The Kier molecular flexibility index (Phi) is 3.73. The number of pyridine rings is 1. The van der Waals surface area contributed by atoms with Gasteiger partial charge in [-0.05, 0) is 24.6 Å². The summed E-state index contributed by atoms with van der Waals surface area (Å²) in [4.78, 5) is 4.07. The molecule has 0 aliphatic heterocycles. The summed E-state index contributed by atoms with van der Waals surface area (Å²) >= 11 is 0. The van der Waals surface area contributed by atoms with E-state index in [1.165, 1.54) is 0 Å². The SMILES string of the molecule is CC(O)c1ccccc1NCc1cccnc1. The molecular formula is C14H16N2O. The first kappa shape index (κ1) is 11.6. The van der Waals surface area contributed by atoms with Crippen LogP contribution in [-0.2, 0) is 6.54 Å². The lowest BCUT2D eigenvalue weighted by Gasteiger charge is -2.13. The number of hydrogen-bond acceptors (Lipinski definition) is 3. The predicted molar refractivity (Wildman–Crippen MR) is 68.6 cm³/mol. The fourth-order valence-electron chi connectivity index (χ4n) is 1.72. The van der Waals surface area contributed by atoms with Crippen molar-refractivity contribution in [2.24, 2.45) is 0 Å². The summed E-state index contributed by atoms with van der Waals surface area (Å²) in [6, 6.07) is 11.7. The molecule has 1 unspecified atom stereocenters. The highest BCUT2D eigenvalue weighted by Gasteiger charge is 2.06. The zero-order valence-electron chi connectivity index (χ0n) is 9.80. The van der Waals surface area contributed by atoms with Crippen molar-refractivity contribution < 1.29 is 5.11 Å². The zero-order valence-corrected chi connectivity index (χ0v) is 9.80. The minimum Gasteiger partial charge on any atom is -0.389 e. The molecule has 2 rings (SSSR count). The Hall–Kier alpha value is -1.87. The topological polar surface area (TPSA) is 45.1 Å². The van der Waals surface area contributed by atoms with Gasteiger partial charge in [-0.1, -0.05) is 24.3 Å². The van der Waals surface area contributed by atoms with Gasteiger partial charge in [-0.25, -0.2) is 0 Å². The van der Waals surface area contributed by atoms with E-state index in [1.54, 1.807) is 13.1 Å². The molecule has 0 bridgehead atoms. The lowest BCUT2D eigenvalue weighted by atomic mass is 10.1. The summed E-state index contributed by atoms with van der Waals surface area (Å²) in [7, 11) is 0. The number of hydrogen-bond donors (Lipinski definition) is 2. The van der Waals surface area contributed by atoms with Gasteiger partial charge in [0.1, 0.15) is 0 Å². The molecular weight excluding hydrogens is 212 g/mol. The first-order valence-electron chi connectivity index (χ1n) is 5.67. The van der Waals surface area contributed by atoms with Gasteiger partial charge in [0.25, 0.3) is 0 Å². The Bertz CT molecular complexity index is 469. The molecule has 1 heterocycles. The summed E-state index contributed by atoms with van der Waals surface area (Å²) in [6.45, 7) is 2.47. The molecule has 0 aliphatic rings. The first-order chi connectivity index (χ1) is 8.27. The van der Waals surface area contributed by atoms with Crippen LogP contribution in [0.25, 0.3) is 0 Å². The Balaban J connectivity index is 2.09. The van der Waals surface area contributed by atoms with E-state index in [1.807, 2.05) is 42.6 Å². The van der Waals surface area contributed by atoms with Crippen molar-refractivity contribution in [3.05, 3.63) is 59.9 Å². The lowest BCUT2D eigenvalue weighted by Crippen LogP contribution is -2.04. The van der Waals surface area contributed by atoms with Gasteiger partial charge in [-0.3, -0.25) is 4.98 Å². The molecule has 0 radical (unpaired) electrons. The molecule has 3 nitrogen and oxygen atoms in total. The van der Waals surface area contributed by atoms with Crippen LogP contribution in [-0.4, -0.2) is 10.1 Å². The van der Waals surface area contributed by atoms with Crippen molar-refractivity contribution in [2.45, 2.75) is 19.6 Å². The maximum Gasteiger partial charge on any atom is 0.0781 e. The van der Waals surface area contributed by atoms with Gasteiger partial charge < -0.3 is 10.4 Å². The van der Waals surface area contributed by atoms with Gasteiger partial charge in [-0.15, -0.1) is 0 Å². The Morgan fingerprint density at radius 3 is 2.76 bits per heavy atom. The van der Waals surface area contributed by atoms with Gasteiger partial charge >= 0.3 is 0 Å². The van der Waals surface area contributed by atoms with E-state index >= 15 is 0 Å². The maximum atomic E-state index is 9.65. The molecule has 0 saturated heterocycles. The second kappa shape index (κ2) is 5.46.